The van der Waals surface area contributed by atoms with Crippen molar-refractivity contribution in [3.8, 4) is 22.4 Å². The van der Waals surface area contributed by atoms with E-state index in [4.69, 9.17) is 10.7 Å². The predicted octanol–water partition coefficient (Wildman–Crippen LogP) is 4.86. The third kappa shape index (κ3) is 5.39. The number of benzene rings is 2. The van der Waals surface area contributed by atoms with Gasteiger partial charge in [0.25, 0.3) is 5.91 Å². The van der Waals surface area contributed by atoms with Gasteiger partial charge in [0.1, 0.15) is 5.69 Å². The smallest absolute Gasteiger partial charge is 0.270 e. The van der Waals surface area contributed by atoms with Crippen molar-refractivity contribution in [2.24, 2.45) is 11.7 Å². The highest BCUT2D eigenvalue weighted by Crippen LogP contribution is 2.34. The molecular formula is C32H31N7O. The average Bonchev–Trinajstić information content (AvgIpc) is 3.03. The Balaban J connectivity index is 1.29. The summed E-state index contributed by atoms with van der Waals surface area (Å²) in [5, 5.41) is 3.87. The van der Waals surface area contributed by atoms with Gasteiger partial charge >= 0.3 is 0 Å². The molecule has 1 amide bonds. The van der Waals surface area contributed by atoms with E-state index in [-0.39, 0.29) is 5.91 Å². The largest absolute Gasteiger partial charge is 0.350 e. The molecule has 0 saturated carbocycles. The zero-order valence-electron chi connectivity index (χ0n) is 22.2. The summed E-state index contributed by atoms with van der Waals surface area (Å²) in [4.78, 5) is 34.0. The SMILES string of the molecule is NCc1ccc(-c2nc3ccnc(C(=O)NCC4CCCN(c5ncccn5)C4)c3cc2-c2ccccc2)cc1. The normalized spacial score (nSPS) is 15.2. The van der Waals surface area contributed by atoms with Crippen molar-refractivity contribution >= 4 is 22.8 Å². The molecule has 0 bridgehead atoms. The van der Waals surface area contributed by atoms with Crippen molar-refractivity contribution in [3.63, 3.8) is 0 Å². The molecule has 5 aromatic rings. The van der Waals surface area contributed by atoms with Gasteiger partial charge in [-0.05, 0) is 48.1 Å². The average molecular weight is 530 g/mol. The van der Waals surface area contributed by atoms with Gasteiger partial charge in [0, 0.05) is 61.3 Å². The summed E-state index contributed by atoms with van der Waals surface area (Å²) in [5.74, 6) is 0.847. The summed E-state index contributed by atoms with van der Waals surface area (Å²) >= 11 is 0. The first-order valence-electron chi connectivity index (χ1n) is 13.6. The number of nitrogens with zero attached hydrogens (tertiary/aromatic N) is 5. The van der Waals surface area contributed by atoms with Crippen LogP contribution in [-0.2, 0) is 6.54 Å². The Kier molecular flexibility index (Phi) is 7.41. The van der Waals surface area contributed by atoms with Crippen molar-refractivity contribution in [3.05, 3.63) is 103 Å². The molecule has 2 aromatic carbocycles. The van der Waals surface area contributed by atoms with Crippen LogP contribution in [0.1, 0.15) is 28.9 Å². The van der Waals surface area contributed by atoms with Crippen LogP contribution >= 0.6 is 0 Å². The van der Waals surface area contributed by atoms with Crippen LogP contribution in [0.4, 0.5) is 5.95 Å². The second kappa shape index (κ2) is 11.6. The van der Waals surface area contributed by atoms with Gasteiger partial charge in [-0.2, -0.15) is 0 Å². The number of carbonyl (C=O) groups excluding carboxylic acids is 1. The van der Waals surface area contributed by atoms with E-state index >= 15 is 0 Å². The lowest BCUT2D eigenvalue weighted by Crippen LogP contribution is -2.41. The molecule has 3 aromatic heterocycles. The number of hydrogen-bond acceptors (Lipinski definition) is 7. The maximum Gasteiger partial charge on any atom is 0.270 e. The number of carbonyl (C=O) groups is 1. The van der Waals surface area contributed by atoms with Crippen LogP contribution in [0.15, 0.2) is 91.4 Å². The van der Waals surface area contributed by atoms with Crippen molar-refractivity contribution in [2.45, 2.75) is 19.4 Å². The number of rotatable bonds is 7. The lowest BCUT2D eigenvalue weighted by molar-refractivity contribution is 0.0942. The van der Waals surface area contributed by atoms with Crippen LogP contribution in [-0.4, -0.2) is 45.5 Å². The standard InChI is InChI=1S/C32H31N7O/c33-19-22-9-11-25(12-10-22)29-26(24-7-2-1-3-8-24)18-27-28(38-29)13-16-34-30(27)31(40)37-20-23-6-4-17-39(21-23)32-35-14-5-15-36-32/h1-3,5,7-16,18,23H,4,6,17,19-21,33H2,(H,37,40). The minimum absolute atomic E-state index is 0.195. The number of nitrogens with two attached hydrogens (primary N) is 1. The van der Waals surface area contributed by atoms with Crippen molar-refractivity contribution in [1.82, 2.24) is 25.3 Å². The number of amides is 1. The number of hydrogen-bond donors (Lipinski definition) is 2. The molecule has 200 valence electrons. The first-order chi connectivity index (χ1) is 19.7. The summed E-state index contributed by atoms with van der Waals surface area (Å²) in [6, 6.07) is 24.0. The van der Waals surface area contributed by atoms with Crippen LogP contribution in [0, 0.1) is 5.92 Å². The van der Waals surface area contributed by atoms with Crippen LogP contribution < -0.4 is 16.0 Å². The third-order valence-electron chi connectivity index (χ3n) is 7.41. The predicted molar refractivity (Wildman–Crippen MR) is 158 cm³/mol. The van der Waals surface area contributed by atoms with Crippen molar-refractivity contribution in [1.29, 1.82) is 0 Å². The minimum Gasteiger partial charge on any atom is -0.350 e. The van der Waals surface area contributed by atoms with Crippen molar-refractivity contribution in [2.75, 3.05) is 24.5 Å². The first kappa shape index (κ1) is 25.6. The first-order valence-corrected chi connectivity index (χ1v) is 13.6. The van der Waals surface area contributed by atoms with E-state index in [9.17, 15) is 4.79 Å². The number of nitrogens with one attached hydrogen (secondary N) is 1. The highest BCUT2D eigenvalue weighted by Gasteiger charge is 2.23. The minimum atomic E-state index is -0.195. The summed E-state index contributed by atoms with van der Waals surface area (Å²) in [5.41, 5.74) is 11.8. The Morgan fingerprint density at radius 2 is 1.73 bits per heavy atom. The van der Waals surface area contributed by atoms with E-state index < -0.39 is 0 Å². The maximum atomic E-state index is 13.5. The molecular weight excluding hydrogens is 498 g/mol. The summed E-state index contributed by atoms with van der Waals surface area (Å²) in [6.07, 6.45) is 7.25. The fourth-order valence-electron chi connectivity index (χ4n) is 5.32. The van der Waals surface area contributed by atoms with E-state index in [2.05, 4.69) is 37.3 Å². The Labute approximate surface area is 233 Å². The number of piperidine rings is 1. The van der Waals surface area contributed by atoms with Gasteiger partial charge in [-0.1, -0.05) is 54.6 Å². The Hall–Kier alpha value is -4.69. The number of fused-ring (bicyclic) bond motifs is 1. The lowest BCUT2D eigenvalue weighted by atomic mass is 9.96. The molecule has 1 aliphatic rings. The molecule has 40 heavy (non-hydrogen) atoms. The molecule has 1 unspecified atom stereocenters. The van der Waals surface area contributed by atoms with Gasteiger partial charge in [-0.3, -0.25) is 9.78 Å². The van der Waals surface area contributed by atoms with Crippen LogP contribution in [0.25, 0.3) is 33.3 Å². The molecule has 1 aliphatic heterocycles. The maximum absolute atomic E-state index is 13.5. The molecule has 1 atom stereocenters. The Morgan fingerprint density at radius 3 is 2.50 bits per heavy atom. The van der Waals surface area contributed by atoms with Gasteiger partial charge in [0.2, 0.25) is 5.95 Å². The quantitative estimate of drug-likeness (QED) is 0.310. The Bertz CT molecular complexity index is 1610. The van der Waals surface area contributed by atoms with Gasteiger partial charge < -0.3 is 16.0 Å². The van der Waals surface area contributed by atoms with Gasteiger partial charge in [-0.15, -0.1) is 0 Å². The molecule has 0 radical (unpaired) electrons. The van der Waals surface area contributed by atoms with Gasteiger partial charge in [0.15, 0.2) is 0 Å². The number of aromatic nitrogens is 4. The van der Waals surface area contributed by atoms with E-state index in [0.29, 0.717) is 24.7 Å². The monoisotopic (exact) mass is 529 g/mol. The molecule has 1 fully saturated rings. The van der Waals surface area contributed by atoms with Crippen LogP contribution in [0.3, 0.4) is 0 Å². The molecule has 8 nitrogen and oxygen atoms in total. The summed E-state index contributed by atoms with van der Waals surface area (Å²) in [7, 11) is 0. The van der Waals surface area contributed by atoms with Crippen LogP contribution in [0.5, 0.6) is 0 Å². The molecule has 4 heterocycles. The molecule has 0 spiro atoms. The van der Waals surface area contributed by atoms with Crippen LogP contribution in [0.2, 0.25) is 0 Å². The number of pyridine rings is 2. The molecule has 6 rings (SSSR count). The zero-order valence-corrected chi connectivity index (χ0v) is 22.2. The van der Waals surface area contributed by atoms with E-state index in [1.807, 2.05) is 60.7 Å². The molecule has 0 aliphatic carbocycles. The van der Waals surface area contributed by atoms with Gasteiger partial charge in [-0.25, -0.2) is 15.0 Å². The van der Waals surface area contributed by atoms with E-state index in [1.165, 1.54) is 0 Å². The fraction of sp³-hybridized carbons (Fsp3) is 0.219. The molecule has 1 saturated heterocycles. The fourth-order valence-corrected chi connectivity index (χ4v) is 5.32. The van der Waals surface area contributed by atoms with E-state index in [1.54, 1.807) is 18.6 Å². The topological polar surface area (TPSA) is 110 Å². The second-order valence-electron chi connectivity index (χ2n) is 10.1. The third-order valence-corrected chi connectivity index (χ3v) is 7.41. The second-order valence-corrected chi connectivity index (χ2v) is 10.1. The molecule has 3 N–H and O–H groups in total. The zero-order chi connectivity index (χ0) is 27.3. The summed E-state index contributed by atoms with van der Waals surface area (Å²) < 4.78 is 0. The van der Waals surface area contributed by atoms with E-state index in [0.717, 1.165) is 70.7 Å². The molecule has 8 heteroatoms. The summed E-state index contributed by atoms with van der Waals surface area (Å²) in [6.45, 7) is 2.77. The highest BCUT2D eigenvalue weighted by atomic mass is 16.1. The highest BCUT2D eigenvalue weighted by molar-refractivity contribution is 6.06. The number of anilines is 1. The van der Waals surface area contributed by atoms with Crippen molar-refractivity contribution < 1.29 is 4.79 Å². The lowest BCUT2D eigenvalue weighted by Gasteiger charge is -2.32. The Morgan fingerprint density at radius 1 is 0.925 bits per heavy atom. The van der Waals surface area contributed by atoms with Gasteiger partial charge in [0.05, 0.1) is 11.2 Å².